The molecule has 40 heavy (non-hydrogen) atoms. The molecule has 10 heteroatoms. The summed E-state index contributed by atoms with van der Waals surface area (Å²) in [6.07, 6.45) is 3.18. The monoisotopic (exact) mass is 684 g/mol. The van der Waals surface area contributed by atoms with E-state index in [-0.39, 0.29) is 0 Å². The third-order valence-corrected chi connectivity index (χ3v) is 14.1. The van der Waals surface area contributed by atoms with Crippen molar-refractivity contribution in [3.05, 3.63) is 116 Å². The summed E-state index contributed by atoms with van der Waals surface area (Å²) >= 11 is 7.78. The fourth-order valence-electron chi connectivity index (χ4n) is 8.95. The van der Waals surface area contributed by atoms with Gasteiger partial charge in [0.05, 0.1) is 8.65 Å². The van der Waals surface area contributed by atoms with E-state index in [0.29, 0.717) is 35.4 Å². The lowest BCUT2D eigenvalue weighted by Crippen LogP contribution is -2.68. The molecule has 11 rings (SSSR count). The first-order valence-corrected chi connectivity index (χ1v) is 14.3. The second-order valence-electron chi connectivity index (χ2n) is 11.6. The largest absolute Gasteiger partial charge is 0.340 e. The second kappa shape index (κ2) is 6.41. The Morgan fingerprint density at radius 3 is 1.07 bits per heavy atom. The van der Waals surface area contributed by atoms with Crippen molar-refractivity contribution in [1.29, 1.82) is 0 Å². The molecule has 0 nitrogen and oxygen atoms in total. The number of alkyl halides is 10. The zero-order valence-electron chi connectivity index (χ0n) is 19.9. The minimum atomic E-state index is -4.83. The van der Waals surface area contributed by atoms with Gasteiger partial charge in [-0.1, -0.05) is 92.5 Å². The fourth-order valence-corrected chi connectivity index (χ4v) is 11.6. The highest BCUT2D eigenvalue weighted by molar-refractivity contribution is 9.13. The van der Waals surface area contributed by atoms with E-state index in [4.69, 9.17) is 0 Å². The highest BCUT2D eigenvalue weighted by atomic mass is 79.9. The Morgan fingerprint density at radius 1 is 0.450 bits per heavy atom. The summed E-state index contributed by atoms with van der Waals surface area (Å²) in [5.41, 5.74) is -5.06. The zero-order valence-corrected chi connectivity index (χ0v) is 23.0. The maximum atomic E-state index is 16.4. The van der Waals surface area contributed by atoms with Crippen LogP contribution in [0.3, 0.4) is 0 Å². The quantitative estimate of drug-likeness (QED) is 0.126. The summed E-state index contributed by atoms with van der Waals surface area (Å²) in [5, 5.41) is 0. The van der Waals surface area contributed by atoms with Crippen molar-refractivity contribution in [3.63, 3.8) is 0 Å². The van der Waals surface area contributed by atoms with Gasteiger partial charge in [-0.15, -0.1) is 0 Å². The van der Waals surface area contributed by atoms with Crippen molar-refractivity contribution in [1.82, 2.24) is 0 Å². The first kappa shape index (κ1) is 24.4. The van der Waals surface area contributed by atoms with Gasteiger partial charge in [0, 0.05) is 45.9 Å². The summed E-state index contributed by atoms with van der Waals surface area (Å²) in [5.74, 6) is -23.7. The molecule has 3 aromatic rings. The Kier molecular flexibility index (Phi) is 3.91. The molecule has 0 saturated heterocycles. The van der Waals surface area contributed by atoms with Crippen molar-refractivity contribution < 1.29 is 35.1 Å². The van der Waals surface area contributed by atoms with Gasteiger partial charge < -0.3 is 0 Å². The Hall–Kier alpha value is -2.20. The topological polar surface area (TPSA) is 0 Å². The van der Waals surface area contributed by atoms with Gasteiger partial charge in [-0.25, -0.2) is 0 Å². The van der Waals surface area contributed by atoms with Gasteiger partial charge in [-0.3, -0.25) is 0 Å². The van der Waals surface area contributed by atoms with E-state index in [9.17, 15) is 0 Å². The van der Waals surface area contributed by atoms with Crippen molar-refractivity contribution in [2.24, 2.45) is 0 Å². The maximum Gasteiger partial charge on any atom is 0.340 e. The molecule has 0 radical (unpaired) electrons. The van der Waals surface area contributed by atoms with Gasteiger partial charge in [-0.2, -0.15) is 35.1 Å². The molecule has 0 unspecified atom stereocenters. The molecule has 0 amide bonds. The van der Waals surface area contributed by atoms with Gasteiger partial charge in [0.25, 0.3) is 0 Å². The van der Waals surface area contributed by atoms with Crippen LogP contribution < -0.4 is 0 Å². The van der Waals surface area contributed by atoms with Crippen molar-refractivity contribution in [2.75, 3.05) is 0 Å². The lowest BCUT2D eigenvalue weighted by atomic mass is 9.43. The number of halogens is 10. The molecule has 10 bridgehead atoms. The molecule has 8 aliphatic rings. The summed E-state index contributed by atoms with van der Waals surface area (Å²) in [7, 11) is 0. The number of allylic oxidation sites excluding steroid dienone is 2. The van der Waals surface area contributed by atoms with Crippen LogP contribution in [0.2, 0.25) is 0 Å². The van der Waals surface area contributed by atoms with Crippen LogP contribution in [0.1, 0.15) is 79.3 Å². The van der Waals surface area contributed by atoms with E-state index in [2.05, 4.69) is 31.9 Å². The first-order valence-electron chi connectivity index (χ1n) is 12.7. The van der Waals surface area contributed by atoms with Crippen LogP contribution in [-0.2, 0) is 23.7 Å². The van der Waals surface area contributed by atoms with Gasteiger partial charge in [0.2, 0.25) is 0 Å². The van der Waals surface area contributed by atoms with E-state index in [1.54, 1.807) is 36.4 Å². The van der Waals surface area contributed by atoms with Gasteiger partial charge >= 0.3 is 23.7 Å². The summed E-state index contributed by atoms with van der Waals surface area (Å²) in [6.45, 7) is 0. The molecule has 3 aromatic carbocycles. The minimum absolute atomic E-state index is 0.413. The minimum Gasteiger partial charge on any atom is -0.194 e. The number of rotatable bonds is 0. The normalized spacial score (nSPS) is 37.6. The maximum absolute atomic E-state index is 16.4. The van der Waals surface area contributed by atoms with Gasteiger partial charge in [-0.05, 0) is 33.4 Å². The third-order valence-electron chi connectivity index (χ3n) is 10.4. The third kappa shape index (κ3) is 2.01. The van der Waals surface area contributed by atoms with Crippen molar-refractivity contribution in [2.45, 2.75) is 56.0 Å². The summed E-state index contributed by atoms with van der Waals surface area (Å²) in [6, 6.07) is 8.78. The average Bonchev–Trinajstić information content (AvgIpc) is 2.93. The second-order valence-corrected chi connectivity index (χ2v) is 14.3. The van der Waals surface area contributed by atoms with Crippen LogP contribution in [0.5, 0.6) is 0 Å². The predicted molar refractivity (Wildman–Crippen MR) is 137 cm³/mol. The van der Waals surface area contributed by atoms with Crippen LogP contribution in [0.4, 0.5) is 35.1 Å². The molecule has 6 atom stereocenters. The van der Waals surface area contributed by atoms with E-state index in [0.717, 1.165) is 0 Å². The lowest BCUT2D eigenvalue weighted by molar-refractivity contribution is -0.228. The van der Waals surface area contributed by atoms with Crippen LogP contribution in [-0.4, -0.2) is 8.65 Å². The fraction of sp³-hybridized carbons (Fsp3) is 0.333. The van der Waals surface area contributed by atoms with E-state index < -0.39 is 101 Å². The molecule has 204 valence electrons. The standard InChI is InChI=1S/C30H14Br2F8/c31-25-13-5-6-14-20-16-8-7-15(19(13)20)27(33,34)29(37,38)17-9-10-18(30(39,40)28(16,35)36)22-21(17)23(25)11-3-1-2-4-12(11)24(22)26(14,25)32/h1-10,13-14,23-24H/t13-,14+,23+,24-,25+,26-. The van der Waals surface area contributed by atoms with Crippen LogP contribution in [0.15, 0.2) is 60.7 Å². The zero-order chi connectivity index (χ0) is 28.2. The smallest absolute Gasteiger partial charge is 0.194 e. The summed E-state index contributed by atoms with van der Waals surface area (Å²) < 4.78 is 128. The SMILES string of the molecule is FC1(F)c2ccc3c4c2[C@@H]2c5ccccc5[C@H]4[C@]4(Br)[C@H]5C=C[C@H](c6c(ccc(c65)C(F)(F)C3(F)F)C1(F)F)[C@]24Br. The van der Waals surface area contributed by atoms with Gasteiger partial charge in [0.15, 0.2) is 0 Å². The average molecular weight is 686 g/mol. The molecular weight excluding hydrogens is 672 g/mol. The highest BCUT2D eigenvalue weighted by Gasteiger charge is 2.79. The molecule has 0 fully saturated rings. The van der Waals surface area contributed by atoms with E-state index in [1.807, 2.05) is 0 Å². The van der Waals surface area contributed by atoms with Crippen LogP contribution >= 0.6 is 31.9 Å². The molecule has 8 aliphatic carbocycles. The van der Waals surface area contributed by atoms with Crippen molar-refractivity contribution >= 4 is 31.9 Å². The van der Waals surface area contributed by atoms with Crippen LogP contribution in [0, 0.1) is 0 Å². The number of benzene rings is 3. The Balaban J connectivity index is 1.66. The van der Waals surface area contributed by atoms with E-state index >= 15 is 35.1 Å². The molecule has 0 aliphatic heterocycles. The molecule has 0 aromatic heterocycles. The predicted octanol–water partition coefficient (Wildman–Crippen LogP) is 9.39. The van der Waals surface area contributed by atoms with E-state index in [1.165, 1.54) is 0 Å². The molecule has 0 spiro atoms. The number of hydrogen-bond acceptors (Lipinski definition) is 0. The Morgan fingerprint density at radius 2 is 0.750 bits per heavy atom. The Bertz CT molecular complexity index is 1670. The van der Waals surface area contributed by atoms with Crippen LogP contribution in [0.25, 0.3) is 0 Å². The Labute approximate surface area is 238 Å². The number of hydrogen-bond donors (Lipinski definition) is 0. The highest BCUT2D eigenvalue weighted by Crippen LogP contribution is 2.82. The van der Waals surface area contributed by atoms with Gasteiger partial charge in [0.1, 0.15) is 0 Å². The molecule has 0 N–H and O–H groups in total. The van der Waals surface area contributed by atoms with Crippen molar-refractivity contribution in [3.8, 4) is 0 Å². The molecule has 0 heterocycles. The molecule has 0 saturated carbocycles. The summed E-state index contributed by atoms with van der Waals surface area (Å²) in [4.78, 5) is 0. The molecular formula is C30H14Br2F8. The lowest BCUT2D eigenvalue weighted by Gasteiger charge is -2.69. The first-order chi connectivity index (χ1) is 18.7.